The fourth-order valence-corrected chi connectivity index (χ4v) is 2.16. The number of halogens is 3. The molecule has 0 radical (unpaired) electrons. The molecule has 94 valence electrons. The predicted molar refractivity (Wildman–Crippen MR) is 62.6 cm³/mol. The van der Waals surface area contributed by atoms with Gasteiger partial charge in [0.05, 0.1) is 11.4 Å². The van der Waals surface area contributed by atoms with Gasteiger partial charge in [0.25, 0.3) is 0 Å². The monoisotopic (exact) mass is 244 g/mol. The van der Waals surface area contributed by atoms with Crippen LogP contribution in [0.1, 0.15) is 12.0 Å². The molecule has 1 heterocycles. The van der Waals surface area contributed by atoms with Gasteiger partial charge in [-0.2, -0.15) is 13.2 Å². The number of hydrogen-bond acceptors (Lipinski definition) is 2. The number of benzene rings is 1. The van der Waals surface area contributed by atoms with Gasteiger partial charge in [0.2, 0.25) is 0 Å². The summed E-state index contributed by atoms with van der Waals surface area (Å²) in [6.45, 7) is -0.102. The van der Waals surface area contributed by atoms with E-state index in [1.54, 1.807) is 6.07 Å². The van der Waals surface area contributed by atoms with Gasteiger partial charge in [-0.05, 0) is 24.5 Å². The number of para-hydroxylation sites is 1. The van der Waals surface area contributed by atoms with Crippen molar-refractivity contribution in [2.75, 3.05) is 30.4 Å². The van der Waals surface area contributed by atoms with E-state index in [1.165, 1.54) is 11.9 Å². The quantitative estimate of drug-likeness (QED) is 0.860. The van der Waals surface area contributed by atoms with Gasteiger partial charge >= 0.3 is 6.18 Å². The molecule has 0 bridgehead atoms. The van der Waals surface area contributed by atoms with Gasteiger partial charge in [0.1, 0.15) is 6.54 Å². The molecule has 1 aromatic carbocycles. The fraction of sp³-hybridized carbons (Fsp3) is 0.500. The number of hydrogen-bond donors (Lipinski definition) is 1. The van der Waals surface area contributed by atoms with E-state index in [1.807, 2.05) is 12.1 Å². The Balaban J connectivity index is 2.26. The zero-order chi connectivity index (χ0) is 12.5. The Morgan fingerprint density at radius 2 is 2.12 bits per heavy atom. The highest BCUT2D eigenvalue weighted by atomic mass is 19.4. The summed E-state index contributed by atoms with van der Waals surface area (Å²) in [6.07, 6.45) is -2.22. The molecule has 5 heteroatoms. The zero-order valence-electron chi connectivity index (χ0n) is 9.64. The summed E-state index contributed by atoms with van der Waals surface area (Å²) in [4.78, 5) is 1.25. The summed E-state index contributed by atoms with van der Waals surface area (Å²) in [5, 5.41) is 3.19. The lowest BCUT2D eigenvalue weighted by Gasteiger charge is -2.27. The van der Waals surface area contributed by atoms with Crippen molar-refractivity contribution in [2.24, 2.45) is 0 Å². The third-order valence-corrected chi connectivity index (χ3v) is 2.88. The van der Waals surface area contributed by atoms with Crippen LogP contribution in [0.5, 0.6) is 0 Å². The summed E-state index contributed by atoms with van der Waals surface area (Å²) in [5.74, 6) is 0. The molecule has 0 aromatic heterocycles. The molecule has 0 atom stereocenters. The molecule has 0 fully saturated rings. The van der Waals surface area contributed by atoms with E-state index in [0.29, 0.717) is 5.69 Å². The maximum Gasteiger partial charge on any atom is 0.405 e. The second kappa shape index (κ2) is 4.47. The van der Waals surface area contributed by atoms with Gasteiger partial charge in [-0.25, -0.2) is 0 Å². The van der Waals surface area contributed by atoms with Crippen LogP contribution < -0.4 is 10.2 Å². The molecule has 0 aliphatic carbocycles. The molecule has 2 rings (SSSR count). The van der Waals surface area contributed by atoms with Crippen LogP contribution in [0.3, 0.4) is 0 Å². The lowest BCUT2D eigenvalue weighted by molar-refractivity contribution is -0.119. The van der Waals surface area contributed by atoms with Gasteiger partial charge in [0, 0.05) is 13.6 Å². The standard InChI is InChI=1S/C12H15F3N2/c1-17(8-12(13,14)15)10-6-2-4-9-5-3-7-16-11(9)10/h2,4,6,16H,3,5,7-8H2,1H3. The summed E-state index contributed by atoms with van der Waals surface area (Å²) < 4.78 is 37.1. The highest BCUT2D eigenvalue weighted by Gasteiger charge is 2.30. The molecule has 1 aliphatic rings. The zero-order valence-corrected chi connectivity index (χ0v) is 9.64. The van der Waals surface area contributed by atoms with Gasteiger partial charge < -0.3 is 10.2 Å². The molecular weight excluding hydrogens is 229 g/mol. The van der Waals surface area contributed by atoms with E-state index < -0.39 is 12.7 Å². The van der Waals surface area contributed by atoms with E-state index in [4.69, 9.17) is 0 Å². The van der Waals surface area contributed by atoms with Crippen molar-refractivity contribution in [3.63, 3.8) is 0 Å². The first-order valence-corrected chi connectivity index (χ1v) is 5.61. The van der Waals surface area contributed by atoms with Crippen molar-refractivity contribution in [1.29, 1.82) is 0 Å². The first kappa shape index (κ1) is 12.1. The van der Waals surface area contributed by atoms with E-state index in [2.05, 4.69) is 5.32 Å². The molecule has 0 saturated carbocycles. The topological polar surface area (TPSA) is 15.3 Å². The van der Waals surface area contributed by atoms with Crippen LogP contribution in [0.15, 0.2) is 18.2 Å². The average Bonchev–Trinajstić information content (AvgIpc) is 2.26. The maximum absolute atomic E-state index is 12.4. The van der Waals surface area contributed by atoms with Gasteiger partial charge in [-0.15, -0.1) is 0 Å². The number of alkyl halides is 3. The normalized spacial score (nSPS) is 15.1. The average molecular weight is 244 g/mol. The maximum atomic E-state index is 12.4. The Labute approximate surface area is 98.4 Å². The first-order valence-electron chi connectivity index (χ1n) is 5.61. The van der Waals surface area contributed by atoms with Crippen LogP contribution in [0, 0.1) is 0 Å². The van der Waals surface area contributed by atoms with Crippen molar-refractivity contribution in [1.82, 2.24) is 0 Å². The molecule has 0 saturated heterocycles. The Bertz CT molecular complexity index is 401. The second-order valence-corrected chi connectivity index (χ2v) is 4.31. The van der Waals surface area contributed by atoms with Gasteiger partial charge in [-0.1, -0.05) is 12.1 Å². The molecule has 0 amide bonds. The van der Waals surface area contributed by atoms with Crippen molar-refractivity contribution in [2.45, 2.75) is 19.0 Å². The minimum Gasteiger partial charge on any atom is -0.383 e. The van der Waals surface area contributed by atoms with Crippen LogP contribution in [-0.4, -0.2) is 26.3 Å². The van der Waals surface area contributed by atoms with Crippen LogP contribution in [-0.2, 0) is 6.42 Å². The van der Waals surface area contributed by atoms with Crippen molar-refractivity contribution < 1.29 is 13.2 Å². The number of anilines is 2. The third-order valence-electron chi connectivity index (χ3n) is 2.88. The SMILES string of the molecule is CN(CC(F)(F)F)c1cccc2c1NCCC2. The summed E-state index contributed by atoms with van der Waals surface area (Å²) in [5.41, 5.74) is 2.58. The number of nitrogens with zero attached hydrogens (tertiary/aromatic N) is 1. The number of aryl methyl sites for hydroxylation is 1. The van der Waals surface area contributed by atoms with E-state index in [-0.39, 0.29) is 0 Å². The highest BCUT2D eigenvalue weighted by Crippen LogP contribution is 2.33. The third kappa shape index (κ3) is 2.84. The second-order valence-electron chi connectivity index (χ2n) is 4.31. The number of rotatable bonds is 2. The lowest BCUT2D eigenvalue weighted by atomic mass is 10.0. The van der Waals surface area contributed by atoms with Gasteiger partial charge in [0.15, 0.2) is 0 Å². The molecular formula is C12H15F3N2. The number of fused-ring (bicyclic) bond motifs is 1. The number of nitrogens with one attached hydrogen (secondary N) is 1. The summed E-state index contributed by atoms with van der Waals surface area (Å²) in [6, 6.07) is 5.50. The van der Waals surface area contributed by atoms with Crippen molar-refractivity contribution >= 4 is 11.4 Å². The molecule has 2 nitrogen and oxygen atoms in total. The fourth-order valence-electron chi connectivity index (χ4n) is 2.16. The molecule has 1 aromatic rings. The smallest absolute Gasteiger partial charge is 0.383 e. The van der Waals surface area contributed by atoms with Crippen LogP contribution in [0.4, 0.5) is 24.5 Å². The minimum atomic E-state index is -4.17. The Morgan fingerprint density at radius 3 is 2.82 bits per heavy atom. The van der Waals surface area contributed by atoms with Crippen LogP contribution in [0.2, 0.25) is 0 Å². The lowest BCUT2D eigenvalue weighted by Crippen LogP contribution is -2.32. The van der Waals surface area contributed by atoms with Gasteiger partial charge in [-0.3, -0.25) is 0 Å². The van der Waals surface area contributed by atoms with Crippen LogP contribution in [0.25, 0.3) is 0 Å². The highest BCUT2D eigenvalue weighted by molar-refractivity contribution is 5.74. The van der Waals surface area contributed by atoms with E-state index in [9.17, 15) is 13.2 Å². The summed E-state index contributed by atoms with van der Waals surface area (Å²) in [7, 11) is 1.47. The Hall–Kier alpha value is -1.39. The largest absolute Gasteiger partial charge is 0.405 e. The molecule has 1 aliphatic heterocycles. The Morgan fingerprint density at radius 1 is 1.35 bits per heavy atom. The molecule has 0 spiro atoms. The summed E-state index contributed by atoms with van der Waals surface area (Å²) >= 11 is 0. The van der Waals surface area contributed by atoms with Crippen molar-refractivity contribution in [3.8, 4) is 0 Å². The molecule has 1 N–H and O–H groups in total. The van der Waals surface area contributed by atoms with E-state index in [0.717, 1.165) is 30.6 Å². The predicted octanol–water partition coefficient (Wildman–Crippen LogP) is 3.04. The van der Waals surface area contributed by atoms with Crippen LogP contribution >= 0.6 is 0 Å². The first-order chi connectivity index (χ1) is 7.97. The molecule has 17 heavy (non-hydrogen) atoms. The molecule has 0 unspecified atom stereocenters. The van der Waals surface area contributed by atoms with Crippen molar-refractivity contribution in [3.05, 3.63) is 23.8 Å². The Kier molecular flexibility index (Phi) is 3.17. The minimum absolute atomic E-state index is 0.625. The van der Waals surface area contributed by atoms with E-state index >= 15 is 0 Å².